The molecule has 0 amide bonds. The van der Waals surface area contributed by atoms with E-state index in [-0.39, 0.29) is 33.8 Å². The summed E-state index contributed by atoms with van der Waals surface area (Å²) in [6.07, 6.45) is 0. The summed E-state index contributed by atoms with van der Waals surface area (Å²) in [5, 5.41) is 8.65. The molecule has 28 heavy (non-hydrogen) atoms. The third kappa shape index (κ3) is 65.1. The van der Waals surface area contributed by atoms with Crippen LogP contribution < -0.4 is 0 Å². The molecular weight excluding hydrogens is 460 g/mol. The summed E-state index contributed by atoms with van der Waals surface area (Å²) < 4.78 is 60.0. The second-order valence-electron chi connectivity index (χ2n) is 2.38. The zero-order valence-corrected chi connectivity index (χ0v) is 16.4. The Labute approximate surface area is 184 Å². The fraction of sp³-hybridized carbons (Fsp3) is 0.118. The van der Waals surface area contributed by atoms with E-state index < -0.39 is 0 Å². The van der Waals surface area contributed by atoms with Gasteiger partial charge < -0.3 is 0 Å². The van der Waals surface area contributed by atoms with E-state index in [9.17, 15) is 0 Å². The Morgan fingerprint density at radius 3 is 0.893 bits per heavy atom. The van der Waals surface area contributed by atoms with Crippen molar-refractivity contribution >= 4 is 0 Å². The van der Waals surface area contributed by atoms with Crippen LogP contribution in [0.4, 0.5) is 0 Å². The van der Waals surface area contributed by atoms with Crippen LogP contribution in [0.3, 0.4) is 0 Å². The molecule has 0 saturated carbocycles. The molecule has 0 aromatic heterocycles. The number of nitriles is 1. The maximum atomic E-state index is 8.65. The Hall–Kier alpha value is -2.34. The van der Waals surface area contributed by atoms with Crippen molar-refractivity contribution in [1.29, 1.82) is 5.26 Å². The van der Waals surface area contributed by atoms with E-state index >= 15 is 0 Å². The quantitative estimate of drug-likeness (QED) is 0.314. The standard InChI is InChI=1S/C9H9N.8CO.Co.Mn/c1-7-4-3-5-8(2)9(7)6-10;8*1-2;;/h3-5H,1-2H3;;;;;;;;;;. The maximum Gasteiger partial charge on any atom is 0 e. The first-order valence-corrected chi connectivity index (χ1v) is 4.85. The molecular formula is C17H9CoMnNO8. The van der Waals surface area contributed by atoms with Crippen molar-refractivity contribution < 1.29 is 71.1 Å². The molecule has 0 atom stereocenters. The van der Waals surface area contributed by atoms with Crippen LogP contribution in [0.25, 0.3) is 0 Å². The third-order valence-electron chi connectivity index (χ3n) is 1.59. The minimum Gasteiger partial charge on any atom is 0 e. The number of hydrogen-bond acceptors (Lipinski definition) is 1. The van der Waals surface area contributed by atoms with Crippen molar-refractivity contribution in [1.82, 2.24) is 0 Å². The molecule has 0 N–H and O–H groups in total. The number of benzene rings is 1. The summed E-state index contributed by atoms with van der Waals surface area (Å²) in [6.45, 7) is 39.9. The van der Waals surface area contributed by atoms with Crippen LogP contribution in [0, 0.1) is 78.4 Å². The van der Waals surface area contributed by atoms with E-state index in [2.05, 4.69) is 59.3 Å². The van der Waals surface area contributed by atoms with E-state index in [0.29, 0.717) is 0 Å². The fourth-order valence-corrected chi connectivity index (χ4v) is 0.991. The molecule has 0 aliphatic carbocycles. The van der Waals surface area contributed by atoms with Crippen molar-refractivity contribution in [2.45, 2.75) is 13.8 Å². The third-order valence-corrected chi connectivity index (χ3v) is 1.59. The molecule has 2 radical (unpaired) electrons. The van der Waals surface area contributed by atoms with Crippen LogP contribution in [-0.2, 0) is 71.1 Å². The monoisotopic (exact) mass is 469 g/mol. The van der Waals surface area contributed by atoms with Crippen molar-refractivity contribution in [3.05, 3.63) is 88.1 Å². The maximum absolute atomic E-state index is 8.65. The molecule has 1 aromatic rings. The SMILES string of the molecule is Cc1cccc(C)c1C#N.[C-]#[O+].[C-]#[O+].[C-]#[O+].[C-]#[O+].[C-]#[O+].[C-]#[O+].[C-]#[O+].[C-]#[O+].[Co].[Mn]. The van der Waals surface area contributed by atoms with Gasteiger partial charge in [-0.2, -0.15) is 5.26 Å². The van der Waals surface area contributed by atoms with Crippen molar-refractivity contribution in [2.75, 3.05) is 0 Å². The second-order valence-corrected chi connectivity index (χ2v) is 2.38. The summed E-state index contributed by atoms with van der Waals surface area (Å²) in [4.78, 5) is 0. The van der Waals surface area contributed by atoms with Gasteiger partial charge in [-0.3, -0.25) is 0 Å². The van der Waals surface area contributed by atoms with E-state index in [4.69, 9.17) is 42.5 Å². The molecule has 9 nitrogen and oxygen atoms in total. The first kappa shape index (κ1) is 63.6. The topological polar surface area (TPSA) is 183 Å². The summed E-state index contributed by atoms with van der Waals surface area (Å²) in [5.74, 6) is 0. The number of aryl methyl sites for hydroxylation is 2. The average molecular weight is 469 g/mol. The zero-order valence-electron chi connectivity index (χ0n) is 14.2. The van der Waals surface area contributed by atoms with Gasteiger partial charge >= 0.3 is 90.4 Å². The van der Waals surface area contributed by atoms with Crippen molar-refractivity contribution in [2.24, 2.45) is 0 Å². The van der Waals surface area contributed by atoms with Gasteiger partial charge in [-0.15, -0.1) is 0 Å². The van der Waals surface area contributed by atoms with Crippen LogP contribution in [0.5, 0.6) is 0 Å². The van der Waals surface area contributed by atoms with E-state index in [1.54, 1.807) is 0 Å². The summed E-state index contributed by atoms with van der Waals surface area (Å²) >= 11 is 0. The number of rotatable bonds is 0. The Morgan fingerprint density at radius 1 is 0.607 bits per heavy atom. The first-order valence-electron chi connectivity index (χ1n) is 4.85. The minimum atomic E-state index is 0. The molecule has 0 saturated heterocycles. The van der Waals surface area contributed by atoms with Crippen LogP contribution >= 0.6 is 0 Å². The molecule has 0 fully saturated rings. The van der Waals surface area contributed by atoms with Crippen molar-refractivity contribution in [3.63, 3.8) is 0 Å². The van der Waals surface area contributed by atoms with Crippen LogP contribution in [0.1, 0.15) is 16.7 Å². The molecule has 0 aliphatic rings. The van der Waals surface area contributed by atoms with E-state index in [0.717, 1.165) is 16.7 Å². The number of nitrogens with zero attached hydrogens (tertiary/aromatic N) is 1. The van der Waals surface area contributed by atoms with Gasteiger partial charge in [-0.25, -0.2) is 0 Å². The first-order chi connectivity index (χ1) is 12.8. The van der Waals surface area contributed by atoms with Gasteiger partial charge in [0.2, 0.25) is 0 Å². The zero-order chi connectivity index (χ0) is 23.6. The molecule has 11 heteroatoms. The summed E-state index contributed by atoms with van der Waals surface area (Å²) in [6, 6.07) is 8.03. The molecule has 0 unspecified atom stereocenters. The van der Waals surface area contributed by atoms with Crippen molar-refractivity contribution in [3.8, 4) is 6.07 Å². The Balaban J connectivity index is -0.0000000194. The Morgan fingerprint density at radius 2 is 0.786 bits per heavy atom. The van der Waals surface area contributed by atoms with E-state index in [1.165, 1.54) is 0 Å². The molecule has 0 spiro atoms. The molecule has 0 aliphatic heterocycles. The minimum absolute atomic E-state index is 0. The predicted octanol–water partition coefficient (Wildman–Crippen LogP) is 1.87. The average Bonchev–Trinajstić information content (AvgIpc) is 2.79. The largest absolute Gasteiger partial charge is 0 e. The van der Waals surface area contributed by atoms with Gasteiger partial charge in [0.1, 0.15) is 0 Å². The van der Waals surface area contributed by atoms with Gasteiger partial charge in [-0.1, -0.05) is 18.2 Å². The Bertz CT molecular complexity index is 516. The van der Waals surface area contributed by atoms with E-state index in [1.807, 2.05) is 32.0 Å². The van der Waals surface area contributed by atoms with Gasteiger partial charge in [0.15, 0.2) is 0 Å². The van der Waals surface area contributed by atoms with Crippen LogP contribution in [-0.4, -0.2) is 0 Å². The summed E-state index contributed by atoms with van der Waals surface area (Å²) in [7, 11) is 0. The fourth-order valence-electron chi connectivity index (χ4n) is 0.991. The molecule has 0 bridgehead atoms. The predicted molar refractivity (Wildman–Crippen MR) is 72.1 cm³/mol. The molecule has 0 heterocycles. The van der Waals surface area contributed by atoms with Gasteiger partial charge in [-0.05, 0) is 25.0 Å². The Kier molecular flexibility index (Phi) is 276. The van der Waals surface area contributed by atoms with Crippen LogP contribution in [0.15, 0.2) is 18.2 Å². The van der Waals surface area contributed by atoms with Gasteiger partial charge in [0, 0.05) is 33.8 Å². The smallest absolute Gasteiger partial charge is 0 e. The normalized spacial score (nSPS) is 3.75. The molecule has 1 aromatic carbocycles. The molecule has 1 rings (SSSR count). The van der Waals surface area contributed by atoms with Gasteiger partial charge in [0.05, 0.1) is 11.6 Å². The summed E-state index contributed by atoms with van der Waals surface area (Å²) in [5.41, 5.74) is 2.92. The molecule has 146 valence electrons. The number of hydrogen-bond donors (Lipinski definition) is 0. The van der Waals surface area contributed by atoms with Crippen LogP contribution in [0.2, 0.25) is 0 Å². The second kappa shape index (κ2) is 122. The van der Waals surface area contributed by atoms with Gasteiger partial charge in [0.25, 0.3) is 0 Å².